The Morgan fingerprint density at radius 1 is 0.917 bits per heavy atom. The van der Waals surface area contributed by atoms with E-state index in [0.717, 1.165) is 11.6 Å². The second-order valence-corrected chi connectivity index (χ2v) is 30.8. The highest BCUT2D eigenvalue weighted by Gasteiger charge is 2.40. The number of nitrogens with zero attached hydrogens (tertiary/aromatic N) is 7. The first kappa shape index (κ1) is 52.5. The number of benzene rings is 2. The van der Waals surface area contributed by atoms with Gasteiger partial charge in [0.25, 0.3) is 11.5 Å². The second kappa shape index (κ2) is 23.3. The van der Waals surface area contributed by atoms with Crippen LogP contribution in [-0.2, 0) is 41.7 Å². The summed E-state index contributed by atoms with van der Waals surface area (Å²) in [5.74, 6) is -1.95. The van der Waals surface area contributed by atoms with Crippen LogP contribution >= 0.6 is 0 Å². The third-order valence-corrected chi connectivity index (χ3v) is 14.7. The van der Waals surface area contributed by atoms with Crippen LogP contribution in [0, 0.1) is 0 Å². The first-order valence-corrected chi connectivity index (χ1v) is 30.9. The molecule has 1 aliphatic rings. The number of carbonyl (C=O) groups is 4. The number of rotatable bonds is 22. The Labute approximate surface area is 416 Å². The van der Waals surface area contributed by atoms with Gasteiger partial charge in [-0.1, -0.05) is 69.6 Å². The molecule has 0 bridgehead atoms. The highest BCUT2D eigenvalue weighted by Crippen LogP contribution is 2.34. The Balaban J connectivity index is 0.938. The zero-order valence-electron chi connectivity index (χ0n) is 41.0. The van der Waals surface area contributed by atoms with Gasteiger partial charge in [0.05, 0.1) is 44.6 Å². The summed E-state index contributed by atoms with van der Waals surface area (Å²) in [6, 6.07) is 16.2. The number of esters is 2. The summed E-state index contributed by atoms with van der Waals surface area (Å²) >= 11 is 0. The van der Waals surface area contributed by atoms with Gasteiger partial charge in [-0.3, -0.25) is 29.3 Å². The number of H-pyrrole nitrogens is 1. The van der Waals surface area contributed by atoms with Crippen molar-refractivity contribution in [3.63, 3.8) is 0 Å². The predicted octanol–water partition coefficient (Wildman–Crippen LogP) is 5.16. The van der Waals surface area contributed by atoms with Crippen molar-refractivity contribution in [1.82, 2.24) is 44.8 Å². The molecule has 0 aliphatic carbocycles. The van der Waals surface area contributed by atoms with Crippen LogP contribution < -0.4 is 32.0 Å². The largest absolute Gasteiger partial charge is 0.471 e. The number of anilines is 3. The smallest absolute Gasteiger partial charge is 0.413 e. The van der Waals surface area contributed by atoms with E-state index in [2.05, 4.69) is 90.1 Å². The van der Waals surface area contributed by atoms with Gasteiger partial charge < -0.3 is 45.2 Å². The van der Waals surface area contributed by atoms with E-state index < -0.39 is 76.7 Å². The molecule has 1 fully saturated rings. The summed E-state index contributed by atoms with van der Waals surface area (Å²) < 4.78 is 30.3. The molecule has 382 valence electrons. The van der Waals surface area contributed by atoms with Crippen LogP contribution in [0.3, 0.4) is 0 Å². The number of nitrogens with two attached hydrogens (primary N) is 1. The first-order chi connectivity index (χ1) is 34.3. The Kier molecular flexibility index (Phi) is 16.9. The van der Waals surface area contributed by atoms with E-state index in [1.165, 1.54) is 12.5 Å². The van der Waals surface area contributed by atoms with E-state index in [1.807, 2.05) is 30.3 Å². The molecule has 1 saturated heterocycles. The van der Waals surface area contributed by atoms with E-state index in [9.17, 15) is 29.1 Å². The molecule has 6 aromatic rings. The summed E-state index contributed by atoms with van der Waals surface area (Å²) in [6.07, 6.45) is -0.636. The average molecular weight is 1030 g/mol. The Morgan fingerprint density at radius 3 is 2.35 bits per heavy atom. The standard InChI is InChI=1S/C47H60N12O11Si2/c1-71(2,3)20-18-66-44(64)32(16-17-36(61)70-33-22-35(69-34(33)25-60)59-27-51-38-40(59)55-45(48)57-43(38)68-26-28-10-8-7-9-11-28)53-41(62)29-12-14-30(15-13-29)49-23-31-24-50-39-37(52-31)42(63)56-46(54-39)58-47(65)67-19-21-72(4,5)6/h7-15,24,27,32-35,49,60H,16-23,25-26H2,1-6H3,(H,53,62)(H2,48,55,57)(H2,50,54,56,58,63,65)/t32-,33-,34+,35+/m0/s1. The van der Waals surface area contributed by atoms with Crippen molar-refractivity contribution < 1.29 is 48.0 Å². The minimum absolute atomic E-state index is 0.0289. The number of fused-ring (bicyclic) bond motifs is 2. The number of aromatic nitrogens is 8. The molecule has 1 aliphatic heterocycles. The maximum Gasteiger partial charge on any atom is 0.413 e. The van der Waals surface area contributed by atoms with Crippen LogP contribution in [0.2, 0.25) is 51.4 Å². The van der Waals surface area contributed by atoms with Crippen LogP contribution in [0.15, 0.2) is 71.9 Å². The van der Waals surface area contributed by atoms with Crippen LogP contribution in [-0.4, -0.2) is 123 Å². The normalized spacial score (nSPS) is 16.2. The molecular weight excluding hydrogens is 965 g/mol. The summed E-state index contributed by atoms with van der Waals surface area (Å²) in [6.45, 7) is 13.2. The number of carbonyl (C=O) groups excluding carboxylic acids is 4. The van der Waals surface area contributed by atoms with Gasteiger partial charge in [-0.25, -0.2) is 24.5 Å². The monoisotopic (exact) mass is 1020 g/mol. The molecule has 0 unspecified atom stereocenters. The lowest BCUT2D eigenvalue weighted by Crippen LogP contribution is -2.42. The number of ether oxygens (including phenoxy) is 5. The van der Waals surface area contributed by atoms with E-state index in [1.54, 1.807) is 28.8 Å². The summed E-state index contributed by atoms with van der Waals surface area (Å²) in [4.78, 5) is 93.9. The van der Waals surface area contributed by atoms with Crippen LogP contribution in [0.1, 0.15) is 47.1 Å². The second-order valence-electron chi connectivity index (χ2n) is 19.6. The quantitative estimate of drug-likeness (QED) is 0.0290. The van der Waals surface area contributed by atoms with Gasteiger partial charge in [0.2, 0.25) is 17.8 Å². The van der Waals surface area contributed by atoms with Crippen molar-refractivity contribution in [1.29, 1.82) is 0 Å². The minimum atomic E-state index is -1.58. The topological polar surface area (TPSA) is 312 Å². The van der Waals surface area contributed by atoms with Crippen LogP contribution in [0.25, 0.3) is 22.3 Å². The molecule has 7 N–H and O–H groups in total. The Morgan fingerprint density at radius 2 is 1.64 bits per heavy atom. The third-order valence-electron chi connectivity index (χ3n) is 11.3. The van der Waals surface area contributed by atoms with Crippen LogP contribution in [0.5, 0.6) is 5.88 Å². The van der Waals surface area contributed by atoms with Crippen molar-refractivity contribution in [3.05, 3.63) is 94.3 Å². The molecule has 0 spiro atoms. The average Bonchev–Trinajstić information content (AvgIpc) is 3.94. The molecule has 2 aromatic carbocycles. The van der Waals surface area contributed by atoms with Gasteiger partial charge >= 0.3 is 18.0 Å². The summed E-state index contributed by atoms with van der Waals surface area (Å²) in [5.41, 5.74) is 8.27. The first-order valence-electron chi connectivity index (χ1n) is 23.4. The number of hydrogen-bond acceptors (Lipinski definition) is 19. The number of aliphatic hydroxyl groups excluding tert-OH is 1. The number of nitrogen functional groups attached to an aromatic ring is 1. The predicted molar refractivity (Wildman–Crippen MR) is 270 cm³/mol. The Bertz CT molecular complexity index is 2930. The van der Waals surface area contributed by atoms with E-state index in [4.69, 9.17) is 29.4 Å². The van der Waals surface area contributed by atoms with Crippen molar-refractivity contribution in [2.24, 2.45) is 0 Å². The Hall–Kier alpha value is -7.36. The van der Waals surface area contributed by atoms with E-state index in [0.29, 0.717) is 28.6 Å². The van der Waals surface area contributed by atoms with Crippen molar-refractivity contribution in [2.45, 2.75) is 108 Å². The number of imidazole rings is 1. The highest BCUT2D eigenvalue weighted by molar-refractivity contribution is 6.76. The summed E-state index contributed by atoms with van der Waals surface area (Å²) in [5, 5.41) is 18.6. The fourth-order valence-electron chi connectivity index (χ4n) is 7.26. The third kappa shape index (κ3) is 14.6. The number of nitrogens with one attached hydrogen (secondary N) is 4. The molecule has 5 heterocycles. The van der Waals surface area contributed by atoms with Gasteiger partial charge in [0.15, 0.2) is 22.3 Å². The van der Waals surface area contributed by atoms with Gasteiger partial charge in [-0.2, -0.15) is 15.0 Å². The fourth-order valence-corrected chi connectivity index (χ4v) is 8.68. The van der Waals surface area contributed by atoms with Crippen LogP contribution in [0.4, 0.5) is 22.4 Å². The lowest BCUT2D eigenvalue weighted by molar-refractivity contribution is -0.153. The number of hydrogen-bond donors (Lipinski definition) is 6. The lowest BCUT2D eigenvalue weighted by Gasteiger charge is -2.21. The maximum atomic E-state index is 13.6. The molecule has 4 atom stereocenters. The van der Waals surface area contributed by atoms with Gasteiger partial charge in [0, 0.05) is 40.2 Å². The van der Waals surface area contributed by atoms with Crippen molar-refractivity contribution >= 4 is 80.0 Å². The molecular formula is C47H60N12O11Si2. The fraction of sp³-hybridized carbons (Fsp3) is 0.426. The van der Waals surface area contributed by atoms with E-state index in [-0.39, 0.29) is 80.1 Å². The molecule has 0 saturated carbocycles. The molecule has 25 heteroatoms. The maximum absolute atomic E-state index is 13.6. The van der Waals surface area contributed by atoms with Gasteiger partial charge in [0.1, 0.15) is 31.1 Å². The number of amides is 2. The molecule has 7 rings (SSSR count). The molecule has 2 amide bonds. The number of aromatic amines is 1. The lowest BCUT2D eigenvalue weighted by atomic mass is 10.1. The molecule has 23 nitrogen and oxygen atoms in total. The molecule has 72 heavy (non-hydrogen) atoms. The minimum Gasteiger partial charge on any atom is -0.471 e. The van der Waals surface area contributed by atoms with Crippen molar-refractivity contribution in [2.75, 3.05) is 36.2 Å². The SMILES string of the molecule is C[Si](C)(C)CCOC(=O)Nc1nc2ncc(CNc3ccc(C(=O)N[C@@H](CCC(=O)O[C@H]4C[C@H](n5cnc6c(OCc7ccccc7)nc(N)nc65)O[C@@H]4CO)C(=O)OCC[Si](C)(C)C)cc3)nc2c(=O)[nH]1. The zero-order chi connectivity index (χ0) is 51.6. The number of aliphatic hydroxyl groups is 1. The van der Waals surface area contributed by atoms with E-state index >= 15 is 0 Å². The highest BCUT2D eigenvalue weighted by atomic mass is 28.3. The van der Waals surface area contributed by atoms with Crippen molar-refractivity contribution in [3.8, 4) is 5.88 Å². The summed E-state index contributed by atoms with van der Waals surface area (Å²) in [7, 11) is -2.99. The van der Waals surface area contributed by atoms with Gasteiger partial charge in [-0.15, -0.1) is 0 Å². The molecule has 4 aromatic heterocycles. The zero-order valence-corrected chi connectivity index (χ0v) is 43.0. The van der Waals surface area contributed by atoms with Gasteiger partial charge in [-0.05, 0) is 48.3 Å². The molecule has 0 radical (unpaired) electrons.